The van der Waals surface area contributed by atoms with Crippen molar-refractivity contribution in [1.82, 2.24) is 4.57 Å². The number of rotatable bonds is 4. The number of aromatic nitrogens is 1. The molecule has 0 bridgehead atoms. The molecule has 1 aromatic heterocycles. The molecule has 0 saturated heterocycles. The molecule has 0 aliphatic carbocycles. The van der Waals surface area contributed by atoms with Gasteiger partial charge in [0.25, 0.3) is 5.56 Å². The predicted octanol–water partition coefficient (Wildman–Crippen LogP) is 0.790. The van der Waals surface area contributed by atoms with Crippen LogP contribution in [0.5, 0.6) is 0 Å². The number of nitrogens with one attached hydrogen (secondary N) is 1. The number of nitrogens with zero attached hydrogens (tertiary/aromatic N) is 1. The van der Waals surface area contributed by atoms with Gasteiger partial charge in [-0.2, -0.15) is 0 Å². The van der Waals surface area contributed by atoms with Crippen LogP contribution >= 0.6 is 0 Å². The Morgan fingerprint density at radius 2 is 2.12 bits per heavy atom. The molecule has 1 heterocycles. The van der Waals surface area contributed by atoms with Gasteiger partial charge in [0.2, 0.25) is 5.91 Å². The van der Waals surface area contributed by atoms with E-state index in [0.717, 1.165) is 0 Å². The van der Waals surface area contributed by atoms with Crippen molar-refractivity contribution in [2.75, 3.05) is 5.32 Å². The van der Waals surface area contributed by atoms with E-state index in [1.54, 1.807) is 26.1 Å². The number of carbonyl (C=O) groups is 1. The van der Waals surface area contributed by atoms with Crippen LogP contribution in [0.4, 0.5) is 5.69 Å². The number of anilines is 1. The first kappa shape index (κ1) is 13.4. The first-order valence-corrected chi connectivity index (χ1v) is 5.72. The van der Waals surface area contributed by atoms with Crippen LogP contribution in [0.25, 0.3) is 0 Å². The highest BCUT2D eigenvalue weighted by Gasteiger charge is 2.17. The van der Waals surface area contributed by atoms with E-state index in [9.17, 15) is 9.59 Å². The molecule has 2 unspecified atom stereocenters. The molecule has 0 radical (unpaired) electrons. The summed E-state index contributed by atoms with van der Waals surface area (Å²) in [4.78, 5) is 23.1. The van der Waals surface area contributed by atoms with Crippen molar-refractivity contribution in [2.45, 2.75) is 33.4 Å². The molecule has 3 N–H and O–H groups in total. The second kappa shape index (κ2) is 5.63. The average molecular weight is 237 g/mol. The summed E-state index contributed by atoms with van der Waals surface area (Å²) in [6.45, 7) is 6.01. The Morgan fingerprint density at radius 3 is 2.65 bits per heavy atom. The van der Waals surface area contributed by atoms with Crippen molar-refractivity contribution in [3.63, 3.8) is 0 Å². The lowest BCUT2D eigenvalue weighted by Crippen LogP contribution is -2.34. The van der Waals surface area contributed by atoms with E-state index in [4.69, 9.17) is 5.73 Å². The fraction of sp³-hybridized carbons (Fsp3) is 0.500. The molecular weight excluding hydrogens is 218 g/mol. The van der Waals surface area contributed by atoms with E-state index in [2.05, 4.69) is 5.32 Å². The van der Waals surface area contributed by atoms with E-state index in [1.807, 2.05) is 6.92 Å². The third kappa shape index (κ3) is 3.42. The SMILES string of the molecule is CCn1cc(NC(=O)C(C)C(C)N)ccc1=O. The number of aryl methyl sites for hydroxylation is 1. The summed E-state index contributed by atoms with van der Waals surface area (Å²) in [6.07, 6.45) is 1.63. The fourth-order valence-electron chi connectivity index (χ4n) is 1.35. The molecule has 1 amide bonds. The Hall–Kier alpha value is -1.62. The fourth-order valence-corrected chi connectivity index (χ4v) is 1.35. The quantitative estimate of drug-likeness (QED) is 0.812. The van der Waals surface area contributed by atoms with Crippen LogP contribution in [0.15, 0.2) is 23.1 Å². The molecule has 5 nitrogen and oxygen atoms in total. The number of hydrogen-bond acceptors (Lipinski definition) is 3. The van der Waals surface area contributed by atoms with Gasteiger partial charge in [-0.1, -0.05) is 6.92 Å². The normalized spacial score (nSPS) is 14.1. The third-order valence-electron chi connectivity index (χ3n) is 2.79. The molecule has 0 saturated carbocycles. The van der Waals surface area contributed by atoms with Gasteiger partial charge in [0.15, 0.2) is 0 Å². The predicted molar refractivity (Wildman–Crippen MR) is 67.8 cm³/mol. The van der Waals surface area contributed by atoms with E-state index in [0.29, 0.717) is 12.2 Å². The lowest BCUT2D eigenvalue weighted by atomic mass is 10.0. The third-order valence-corrected chi connectivity index (χ3v) is 2.79. The van der Waals surface area contributed by atoms with Crippen molar-refractivity contribution in [2.24, 2.45) is 11.7 Å². The average Bonchev–Trinajstić information content (AvgIpc) is 2.30. The second-order valence-corrected chi connectivity index (χ2v) is 4.18. The van der Waals surface area contributed by atoms with Crippen LogP contribution in [0.1, 0.15) is 20.8 Å². The summed E-state index contributed by atoms with van der Waals surface area (Å²) in [5.41, 5.74) is 6.19. The molecule has 2 atom stereocenters. The lowest BCUT2D eigenvalue weighted by Gasteiger charge is -2.15. The minimum absolute atomic E-state index is 0.0780. The van der Waals surface area contributed by atoms with Crippen LogP contribution in [0, 0.1) is 5.92 Å². The first-order chi connectivity index (χ1) is 7.95. The first-order valence-electron chi connectivity index (χ1n) is 5.72. The topological polar surface area (TPSA) is 77.1 Å². The van der Waals surface area contributed by atoms with E-state index in [-0.39, 0.29) is 23.4 Å². The number of carbonyl (C=O) groups excluding carboxylic acids is 1. The van der Waals surface area contributed by atoms with Crippen molar-refractivity contribution >= 4 is 11.6 Å². The van der Waals surface area contributed by atoms with Crippen molar-refractivity contribution in [3.8, 4) is 0 Å². The van der Waals surface area contributed by atoms with E-state index in [1.165, 1.54) is 10.6 Å². The van der Waals surface area contributed by atoms with Gasteiger partial charge >= 0.3 is 0 Å². The summed E-state index contributed by atoms with van der Waals surface area (Å²) in [6, 6.07) is 2.84. The van der Waals surface area contributed by atoms with Crippen molar-refractivity contribution in [1.29, 1.82) is 0 Å². The van der Waals surface area contributed by atoms with Gasteiger partial charge in [-0.15, -0.1) is 0 Å². The summed E-state index contributed by atoms with van der Waals surface area (Å²) in [7, 11) is 0. The van der Waals surface area contributed by atoms with Gasteiger partial charge in [0.05, 0.1) is 11.6 Å². The van der Waals surface area contributed by atoms with Crippen molar-refractivity contribution in [3.05, 3.63) is 28.7 Å². The molecule has 1 aromatic rings. The van der Waals surface area contributed by atoms with Gasteiger partial charge in [-0.3, -0.25) is 9.59 Å². The number of amides is 1. The highest BCUT2D eigenvalue weighted by molar-refractivity contribution is 5.92. The summed E-state index contributed by atoms with van der Waals surface area (Å²) in [5, 5.41) is 2.75. The standard InChI is InChI=1S/C12H19N3O2/c1-4-15-7-10(5-6-11(15)16)14-12(17)8(2)9(3)13/h5-9H,4,13H2,1-3H3,(H,14,17). The summed E-state index contributed by atoms with van der Waals surface area (Å²) < 4.78 is 1.53. The molecule has 1 rings (SSSR count). The molecule has 94 valence electrons. The molecule has 0 fully saturated rings. The number of nitrogens with two attached hydrogens (primary N) is 1. The van der Waals surface area contributed by atoms with Crippen LogP contribution in [-0.2, 0) is 11.3 Å². The smallest absolute Gasteiger partial charge is 0.250 e. The van der Waals surface area contributed by atoms with Crippen LogP contribution in [0.3, 0.4) is 0 Å². The summed E-state index contributed by atoms with van der Waals surface area (Å²) in [5.74, 6) is -0.404. The lowest BCUT2D eigenvalue weighted by molar-refractivity contribution is -0.119. The minimum Gasteiger partial charge on any atom is -0.327 e. The molecule has 0 aromatic carbocycles. The Morgan fingerprint density at radius 1 is 1.47 bits per heavy atom. The zero-order chi connectivity index (χ0) is 13.0. The molecular formula is C12H19N3O2. The molecule has 0 aliphatic heterocycles. The molecule has 5 heteroatoms. The Bertz CT molecular complexity index is 451. The van der Waals surface area contributed by atoms with E-state index < -0.39 is 0 Å². The van der Waals surface area contributed by atoms with E-state index >= 15 is 0 Å². The maximum atomic E-state index is 11.8. The molecule has 0 aliphatic rings. The van der Waals surface area contributed by atoms with Crippen LogP contribution in [0.2, 0.25) is 0 Å². The molecule has 0 spiro atoms. The Kier molecular flexibility index (Phi) is 4.45. The molecule has 17 heavy (non-hydrogen) atoms. The van der Waals surface area contributed by atoms with Gasteiger partial charge in [-0.25, -0.2) is 0 Å². The van der Waals surface area contributed by atoms with Crippen molar-refractivity contribution < 1.29 is 4.79 Å². The second-order valence-electron chi connectivity index (χ2n) is 4.18. The van der Waals surface area contributed by atoms with Gasteiger partial charge in [0.1, 0.15) is 0 Å². The Balaban J connectivity index is 2.82. The largest absolute Gasteiger partial charge is 0.327 e. The minimum atomic E-state index is -0.267. The monoisotopic (exact) mass is 237 g/mol. The maximum absolute atomic E-state index is 11.8. The zero-order valence-corrected chi connectivity index (χ0v) is 10.4. The van der Waals surface area contributed by atoms with Gasteiger partial charge < -0.3 is 15.6 Å². The van der Waals surface area contributed by atoms with Gasteiger partial charge in [0, 0.05) is 24.8 Å². The maximum Gasteiger partial charge on any atom is 0.250 e. The zero-order valence-electron chi connectivity index (χ0n) is 10.4. The number of pyridine rings is 1. The van der Waals surface area contributed by atoms with Crippen LogP contribution in [-0.4, -0.2) is 16.5 Å². The summed E-state index contributed by atoms with van der Waals surface area (Å²) >= 11 is 0. The highest BCUT2D eigenvalue weighted by Crippen LogP contribution is 2.08. The Labute approximate surface area is 101 Å². The van der Waals surface area contributed by atoms with Gasteiger partial charge in [-0.05, 0) is 19.9 Å². The van der Waals surface area contributed by atoms with Crippen LogP contribution < -0.4 is 16.6 Å². The number of hydrogen-bond donors (Lipinski definition) is 2. The highest BCUT2D eigenvalue weighted by atomic mass is 16.2.